The van der Waals surface area contributed by atoms with E-state index in [1.807, 2.05) is 0 Å². The summed E-state index contributed by atoms with van der Waals surface area (Å²) in [6.07, 6.45) is 19.2. The maximum absolute atomic E-state index is 11.6. The fraction of sp³-hybridized carbons (Fsp3) is 0.684. The van der Waals surface area contributed by atoms with Crippen molar-refractivity contribution in [1.29, 1.82) is 0 Å². The first-order valence-electron chi connectivity index (χ1n) is 8.66. The van der Waals surface area contributed by atoms with Gasteiger partial charge in [0.25, 0.3) is 0 Å². The largest absolute Gasteiger partial charge is 0.466 e. The number of methoxy groups -OCH3 is 1. The summed E-state index contributed by atoms with van der Waals surface area (Å²) in [7, 11) is 1.33. The van der Waals surface area contributed by atoms with Crippen molar-refractivity contribution in [3.05, 3.63) is 24.3 Å². The molecule has 22 heavy (non-hydrogen) atoms. The maximum Gasteiger partial charge on any atom is 0.330 e. The third-order valence-electron chi connectivity index (χ3n) is 3.60. The molecular formula is C19H32O3. The lowest BCUT2D eigenvalue weighted by atomic mass is 10.0. The number of carbonyl (C=O) groups is 2. The van der Waals surface area contributed by atoms with Gasteiger partial charge < -0.3 is 4.74 Å². The van der Waals surface area contributed by atoms with Gasteiger partial charge in [0.2, 0.25) is 0 Å². The summed E-state index contributed by atoms with van der Waals surface area (Å²) in [6.45, 7) is 2.24. The number of ketones is 1. The number of unbranched alkanes of at least 4 members (excludes halogenated alkanes) is 9. The minimum Gasteiger partial charge on any atom is -0.466 e. The van der Waals surface area contributed by atoms with Gasteiger partial charge in [0.15, 0.2) is 5.78 Å². The summed E-state index contributed by atoms with van der Waals surface area (Å²) in [5.74, 6) is -0.291. The van der Waals surface area contributed by atoms with Gasteiger partial charge in [0.1, 0.15) is 0 Å². The van der Waals surface area contributed by atoms with Crippen LogP contribution in [0.25, 0.3) is 0 Å². The lowest BCUT2D eigenvalue weighted by Gasteiger charge is -2.01. The summed E-state index contributed by atoms with van der Waals surface area (Å²) in [5, 5.41) is 0. The van der Waals surface area contributed by atoms with E-state index in [0.29, 0.717) is 6.42 Å². The van der Waals surface area contributed by atoms with Crippen LogP contribution < -0.4 is 0 Å². The van der Waals surface area contributed by atoms with Gasteiger partial charge in [0, 0.05) is 12.5 Å². The van der Waals surface area contributed by atoms with Crippen LogP contribution in [-0.4, -0.2) is 18.9 Å². The normalized spacial score (nSPS) is 11.4. The minimum atomic E-state index is -0.410. The molecule has 0 N–H and O–H groups in total. The highest BCUT2D eigenvalue weighted by Crippen LogP contribution is 2.11. The number of esters is 1. The Labute approximate surface area is 135 Å². The second-order valence-electron chi connectivity index (χ2n) is 5.64. The Balaban J connectivity index is 3.40. The Morgan fingerprint density at radius 1 is 0.773 bits per heavy atom. The molecule has 0 radical (unpaired) electrons. The highest BCUT2D eigenvalue weighted by molar-refractivity contribution is 5.90. The Kier molecular flexibility index (Phi) is 15.0. The lowest BCUT2D eigenvalue weighted by Crippen LogP contribution is -1.94. The summed E-state index contributed by atoms with van der Waals surface area (Å²) < 4.78 is 4.45. The number of hydrogen-bond donors (Lipinski definition) is 0. The molecule has 0 heterocycles. The summed E-state index contributed by atoms with van der Waals surface area (Å²) >= 11 is 0. The molecule has 0 amide bonds. The van der Waals surface area contributed by atoms with E-state index in [-0.39, 0.29) is 5.78 Å². The van der Waals surface area contributed by atoms with Crippen LogP contribution >= 0.6 is 0 Å². The van der Waals surface area contributed by atoms with E-state index >= 15 is 0 Å². The third kappa shape index (κ3) is 15.0. The smallest absolute Gasteiger partial charge is 0.330 e. The fourth-order valence-electron chi connectivity index (χ4n) is 2.24. The van der Waals surface area contributed by atoms with Crippen LogP contribution in [0.15, 0.2) is 24.3 Å². The molecule has 0 saturated heterocycles. The van der Waals surface area contributed by atoms with Crippen LogP contribution in [0, 0.1) is 0 Å². The van der Waals surface area contributed by atoms with Crippen LogP contribution in [0.4, 0.5) is 0 Å². The molecule has 126 valence electrons. The quantitative estimate of drug-likeness (QED) is 0.193. The van der Waals surface area contributed by atoms with Crippen molar-refractivity contribution in [1.82, 2.24) is 0 Å². The monoisotopic (exact) mass is 308 g/mol. The second-order valence-corrected chi connectivity index (χ2v) is 5.64. The maximum atomic E-state index is 11.6. The Morgan fingerprint density at radius 2 is 1.27 bits per heavy atom. The van der Waals surface area contributed by atoms with Gasteiger partial charge in [0.05, 0.1) is 7.11 Å². The predicted molar refractivity (Wildman–Crippen MR) is 91.8 cm³/mol. The first-order valence-corrected chi connectivity index (χ1v) is 8.66. The van der Waals surface area contributed by atoms with E-state index < -0.39 is 5.97 Å². The standard InChI is InChI=1S/C19H32O3/c1-3-4-5-6-7-8-9-10-11-12-15-18(20)16-13-14-17-19(21)22-2/h13-14,16-17H,3-12,15H2,1-2H3. The molecule has 3 nitrogen and oxygen atoms in total. The zero-order valence-corrected chi connectivity index (χ0v) is 14.3. The number of allylic oxidation sites excluding steroid dienone is 3. The first kappa shape index (κ1) is 20.6. The number of carbonyl (C=O) groups excluding carboxylic acids is 2. The molecule has 0 spiro atoms. The summed E-state index contributed by atoms with van der Waals surface area (Å²) in [4.78, 5) is 22.4. The molecular weight excluding hydrogens is 276 g/mol. The van der Waals surface area contributed by atoms with Crippen molar-refractivity contribution in [3.8, 4) is 0 Å². The van der Waals surface area contributed by atoms with Gasteiger partial charge in [-0.1, -0.05) is 76.9 Å². The summed E-state index contributed by atoms with van der Waals surface area (Å²) in [6, 6.07) is 0. The molecule has 0 aromatic heterocycles. The van der Waals surface area contributed by atoms with Crippen LogP contribution in [0.2, 0.25) is 0 Å². The minimum absolute atomic E-state index is 0.120. The van der Waals surface area contributed by atoms with Crippen LogP contribution in [0.5, 0.6) is 0 Å². The lowest BCUT2D eigenvalue weighted by molar-refractivity contribution is -0.134. The predicted octanol–water partition coefficient (Wildman–Crippen LogP) is 5.15. The van der Waals surface area contributed by atoms with E-state index in [0.717, 1.165) is 12.8 Å². The average molecular weight is 308 g/mol. The van der Waals surface area contributed by atoms with E-state index in [2.05, 4.69) is 11.7 Å². The fourth-order valence-corrected chi connectivity index (χ4v) is 2.24. The second kappa shape index (κ2) is 16.0. The first-order chi connectivity index (χ1) is 10.7. The number of rotatable bonds is 14. The van der Waals surface area contributed by atoms with Gasteiger partial charge in [-0.25, -0.2) is 4.79 Å². The molecule has 0 aliphatic rings. The van der Waals surface area contributed by atoms with Crippen molar-refractivity contribution in [2.45, 2.75) is 77.6 Å². The van der Waals surface area contributed by atoms with Gasteiger partial charge in [-0.15, -0.1) is 0 Å². The van der Waals surface area contributed by atoms with E-state index in [1.165, 1.54) is 76.7 Å². The number of ether oxygens (including phenoxy) is 1. The van der Waals surface area contributed by atoms with Gasteiger partial charge in [-0.05, 0) is 12.5 Å². The summed E-state index contributed by atoms with van der Waals surface area (Å²) in [5.41, 5.74) is 0. The molecule has 0 aliphatic carbocycles. The van der Waals surface area contributed by atoms with E-state index in [9.17, 15) is 9.59 Å². The van der Waals surface area contributed by atoms with Crippen LogP contribution in [0.1, 0.15) is 77.6 Å². The number of hydrogen-bond acceptors (Lipinski definition) is 3. The van der Waals surface area contributed by atoms with Crippen molar-refractivity contribution < 1.29 is 14.3 Å². The van der Waals surface area contributed by atoms with Crippen molar-refractivity contribution in [2.24, 2.45) is 0 Å². The molecule has 0 aromatic carbocycles. The molecule has 0 saturated carbocycles. The Hall–Kier alpha value is -1.38. The molecule has 3 heteroatoms. The van der Waals surface area contributed by atoms with Crippen molar-refractivity contribution in [2.75, 3.05) is 7.11 Å². The van der Waals surface area contributed by atoms with Crippen molar-refractivity contribution >= 4 is 11.8 Å². The molecule has 0 aromatic rings. The SMILES string of the molecule is CCCCCCCCCCCCC(=O)C=CC=CC(=O)OC. The highest BCUT2D eigenvalue weighted by Gasteiger charge is 1.97. The third-order valence-corrected chi connectivity index (χ3v) is 3.60. The Morgan fingerprint density at radius 3 is 1.82 bits per heavy atom. The Bertz CT molecular complexity index is 343. The zero-order chi connectivity index (χ0) is 16.5. The molecule has 0 aliphatic heterocycles. The van der Waals surface area contributed by atoms with Gasteiger partial charge in [-0.3, -0.25) is 4.79 Å². The molecule has 0 atom stereocenters. The van der Waals surface area contributed by atoms with Crippen LogP contribution in [-0.2, 0) is 14.3 Å². The zero-order valence-electron chi connectivity index (χ0n) is 14.3. The highest BCUT2D eigenvalue weighted by atomic mass is 16.5. The van der Waals surface area contributed by atoms with Gasteiger partial charge >= 0.3 is 5.97 Å². The average Bonchev–Trinajstić information content (AvgIpc) is 2.53. The molecule has 0 unspecified atom stereocenters. The molecule has 0 rings (SSSR count). The van der Waals surface area contributed by atoms with E-state index in [1.54, 1.807) is 6.08 Å². The van der Waals surface area contributed by atoms with Crippen LogP contribution in [0.3, 0.4) is 0 Å². The van der Waals surface area contributed by atoms with E-state index in [4.69, 9.17) is 0 Å². The topological polar surface area (TPSA) is 43.4 Å². The molecule has 0 bridgehead atoms. The van der Waals surface area contributed by atoms with Crippen molar-refractivity contribution in [3.63, 3.8) is 0 Å². The van der Waals surface area contributed by atoms with Gasteiger partial charge in [-0.2, -0.15) is 0 Å². The molecule has 0 fully saturated rings.